The molecule has 0 N–H and O–H groups in total. The van der Waals surface area contributed by atoms with Crippen molar-refractivity contribution < 1.29 is 9.53 Å². The van der Waals surface area contributed by atoms with Crippen molar-refractivity contribution in [3.63, 3.8) is 0 Å². The van der Waals surface area contributed by atoms with Crippen molar-refractivity contribution in [2.24, 2.45) is 0 Å². The van der Waals surface area contributed by atoms with Crippen LogP contribution >= 0.6 is 0 Å². The molecule has 5 aromatic rings. The summed E-state index contributed by atoms with van der Waals surface area (Å²) in [6.45, 7) is 4.34. The molecule has 0 saturated heterocycles. The molecule has 2 heterocycles. The summed E-state index contributed by atoms with van der Waals surface area (Å²) in [5.74, 6) is 0.990. The minimum absolute atomic E-state index is 0.108. The van der Waals surface area contributed by atoms with Crippen LogP contribution in [0.2, 0.25) is 0 Å². The predicted molar refractivity (Wildman–Crippen MR) is 127 cm³/mol. The third kappa shape index (κ3) is 3.78. The predicted octanol–water partition coefficient (Wildman–Crippen LogP) is 4.30. The molecule has 0 fully saturated rings. The summed E-state index contributed by atoms with van der Waals surface area (Å²) in [7, 11) is 0. The van der Waals surface area contributed by atoms with Crippen LogP contribution in [0.5, 0.6) is 5.75 Å². The van der Waals surface area contributed by atoms with Crippen LogP contribution in [0, 0.1) is 6.92 Å². The maximum absolute atomic E-state index is 13.4. The molecule has 164 valence electrons. The maximum atomic E-state index is 13.4. The Morgan fingerprint density at radius 3 is 2.55 bits per heavy atom. The Kier molecular flexibility index (Phi) is 5.22. The van der Waals surface area contributed by atoms with Gasteiger partial charge in [-0.25, -0.2) is 9.78 Å². The molecular weight excluding hydrogens is 416 g/mol. The van der Waals surface area contributed by atoms with E-state index in [1.807, 2.05) is 62.4 Å². The monoisotopic (exact) mass is 438 g/mol. The van der Waals surface area contributed by atoms with Crippen molar-refractivity contribution in [2.75, 3.05) is 6.61 Å². The number of carbonyl (C=O) groups excluding carboxylic acids is 1. The summed E-state index contributed by atoms with van der Waals surface area (Å²) in [5.41, 5.74) is 3.12. The summed E-state index contributed by atoms with van der Waals surface area (Å²) in [4.78, 5) is 31.1. The highest BCUT2D eigenvalue weighted by molar-refractivity contribution is 5.98. The highest BCUT2D eigenvalue weighted by Gasteiger charge is 2.18. The first-order chi connectivity index (χ1) is 16.0. The first-order valence-electron chi connectivity index (χ1n) is 10.8. The SMILES string of the molecule is CCOc1ccc(C(=O)Cn2c(=O)n3nc(-c4cccc(C)c4)nc3c3ccccc32)cc1. The van der Waals surface area contributed by atoms with Gasteiger partial charge in [0.05, 0.1) is 18.7 Å². The lowest BCUT2D eigenvalue weighted by atomic mass is 10.1. The van der Waals surface area contributed by atoms with Crippen molar-refractivity contribution >= 4 is 22.3 Å². The van der Waals surface area contributed by atoms with E-state index in [1.54, 1.807) is 24.3 Å². The zero-order chi connectivity index (χ0) is 22.9. The Labute approximate surface area is 189 Å². The van der Waals surface area contributed by atoms with E-state index in [-0.39, 0.29) is 12.3 Å². The summed E-state index contributed by atoms with van der Waals surface area (Å²) in [6, 6.07) is 22.2. The van der Waals surface area contributed by atoms with Gasteiger partial charge >= 0.3 is 5.69 Å². The number of fused-ring (bicyclic) bond motifs is 3. The number of ketones is 1. The Bertz CT molecular complexity index is 1550. The molecule has 0 aliphatic heterocycles. The fourth-order valence-electron chi connectivity index (χ4n) is 3.93. The molecule has 0 atom stereocenters. The zero-order valence-corrected chi connectivity index (χ0v) is 18.4. The number of benzene rings is 3. The first-order valence-corrected chi connectivity index (χ1v) is 10.8. The molecule has 0 saturated carbocycles. The average molecular weight is 438 g/mol. The molecule has 0 bridgehead atoms. The third-order valence-electron chi connectivity index (χ3n) is 5.52. The van der Waals surface area contributed by atoms with E-state index in [2.05, 4.69) is 10.1 Å². The second-order valence-electron chi connectivity index (χ2n) is 7.81. The number of aryl methyl sites for hydroxylation is 1. The van der Waals surface area contributed by atoms with Crippen LogP contribution in [0.25, 0.3) is 27.9 Å². The number of nitrogens with zero attached hydrogens (tertiary/aromatic N) is 4. The fourth-order valence-corrected chi connectivity index (χ4v) is 3.93. The number of hydrogen-bond acceptors (Lipinski definition) is 5. The lowest BCUT2D eigenvalue weighted by Gasteiger charge is -2.11. The number of aromatic nitrogens is 4. The molecule has 0 aliphatic carbocycles. The van der Waals surface area contributed by atoms with E-state index in [0.29, 0.717) is 34.9 Å². The van der Waals surface area contributed by atoms with Crippen molar-refractivity contribution in [3.05, 3.63) is 94.4 Å². The molecule has 7 heteroatoms. The number of Topliss-reactive ketones (excluding diaryl/α,β-unsaturated/α-hetero) is 1. The standard InChI is InChI=1S/C26H22N4O3/c1-3-33-20-13-11-18(12-14-20)23(31)16-29-22-10-5-4-9-21(22)25-27-24(28-30(25)26(29)32)19-8-6-7-17(2)15-19/h4-15H,3,16H2,1-2H3. The largest absolute Gasteiger partial charge is 0.494 e. The summed E-state index contributed by atoms with van der Waals surface area (Å²) in [6.07, 6.45) is 0. The Morgan fingerprint density at radius 2 is 1.79 bits per heavy atom. The van der Waals surface area contributed by atoms with Gasteiger partial charge in [0.1, 0.15) is 5.75 Å². The van der Waals surface area contributed by atoms with Gasteiger partial charge in [0.25, 0.3) is 0 Å². The van der Waals surface area contributed by atoms with Crippen LogP contribution in [0.15, 0.2) is 77.6 Å². The van der Waals surface area contributed by atoms with E-state index < -0.39 is 5.69 Å². The molecule has 0 aliphatic rings. The second kappa shape index (κ2) is 8.35. The number of carbonyl (C=O) groups is 1. The van der Waals surface area contributed by atoms with Gasteiger partial charge in [-0.15, -0.1) is 5.10 Å². The minimum Gasteiger partial charge on any atom is -0.494 e. The van der Waals surface area contributed by atoms with Gasteiger partial charge in [0.15, 0.2) is 17.3 Å². The van der Waals surface area contributed by atoms with Crippen LogP contribution in [-0.4, -0.2) is 31.6 Å². The molecule has 3 aromatic carbocycles. The summed E-state index contributed by atoms with van der Waals surface area (Å²) >= 11 is 0. The van der Waals surface area contributed by atoms with Crippen LogP contribution in [0.4, 0.5) is 0 Å². The van der Waals surface area contributed by atoms with E-state index in [4.69, 9.17) is 4.74 Å². The van der Waals surface area contributed by atoms with Gasteiger partial charge in [-0.05, 0) is 56.3 Å². The van der Waals surface area contributed by atoms with Gasteiger partial charge in [-0.3, -0.25) is 9.36 Å². The van der Waals surface area contributed by atoms with E-state index in [1.165, 1.54) is 9.08 Å². The quantitative estimate of drug-likeness (QED) is 0.369. The van der Waals surface area contributed by atoms with E-state index in [0.717, 1.165) is 16.5 Å². The Balaban J connectivity index is 1.61. The second-order valence-corrected chi connectivity index (χ2v) is 7.81. The molecule has 2 aromatic heterocycles. The van der Waals surface area contributed by atoms with Gasteiger partial charge in [-0.1, -0.05) is 35.9 Å². The molecule has 0 amide bonds. The normalized spacial score (nSPS) is 11.2. The van der Waals surface area contributed by atoms with Crippen LogP contribution in [0.1, 0.15) is 22.8 Å². The van der Waals surface area contributed by atoms with Crippen molar-refractivity contribution in [2.45, 2.75) is 20.4 Å². The fraction of sp³-hybridized carbons (Fsp3) is 0.154. The van der Waals surface area contributed by atoms with Crippen molar-refractivity contribution in [1.82, 2.24) is 19.2 Å². The average Bonchev–Trinajstić information content (AvgIpc) is 3.28. The van der Waals surface area contributed by atoms with E-state index >= 15 is 0 Å². The summed E-state index contributed by atoms with van der Waals surface area (Å²) in [5, 5.41) is 5.24. The van der Waals surface area contributed by atoms with Gasteiger partial charge in [0, 0.05) is 16.5 Å². The van der Waals surface area contributed by atoms with Gasteiger partial charge in [-0.2, -0.15) is 4.52 Å². The molecule has 33 heavy (non-hydrogen) atoms. The van der Waals surface area contributed by atoms with Crippen LogP contribution < -0.4 is 10.4 Å². The molecule has 0 spiro atoms. The number of ether oxygens (including phenoxy) is 1. The topological polar surface area (TPSA) is 78.5 Å². The number of rotatable bonds is 6. The molecule has 7 nitrogen and oxygen atoms in total. The smallest absolute Gasteiger partial charge is 0.351 e. The van der Waals surface area contributed by atoms with Crippen LogP contribution in [-0.2, 0) is 6.54 Å². The first kappa shape index (κ1) is 20.6. The molecular formula is C26H22N4O3. The van der Waals surface area contributed by atoms with Crippen molar-refractivity contribution in [1.29, 1.82) is 0 Å². The highest BCUT2D eigenvalue weighted by atomic mass is 16.5. The lowest BCUT2D eigenvalue weighted by Crippen LogP contribution is -2.30. The van der Waals surface area contributed by atoms with Gasteiger partial charge in [0.2, 0.25) is 0 Å². The van der Waals surface area contributed by atoms with Gasteiger partial charge < -0.3 is 4.74 Å². The third-order valence-corrected chi connectivity index (χ3v) is 5.52. The Morgan fingerprint density at radius 1 is 1.00 bits per heavy atom. The van der Waals surface area contributed by atoms with E-state index in [9.17, 15) is 9.59 Å². The highest BCUT2D eigenvalue weighted by Crippen LogP contribution is 2.22. The number of para-hydroxylation sites is 1. The molecule has 5 rings (SSSR count). The van der Waals surface area contributed by atoms with Crippen molar-refractivity contribution in [3.8, 4) is 17.1 Å². The molecule has 0 radical (unpaired) electrons. The van der Waals surface area contributed by atoms with Crippen LogP contribution in [0.3, 0.4) is 0 Å². The lowest BCUT2D eigenvalue weighted by molar-refractivity contribution is 0.0971. The number of hydrogen-bond donors (Lipinski definition) is 0. The minimum atomic E-state index is -0.408. The molecule has 0 unspecified atom stereocenters. The maximum Gasteiger partial charge on any atom is 0.351 e. The summed E-state index contributed by atoms with van der Waals surface area (Å²) < 4.78 is 8.18. The Hall–Kier alpha value is -4.26. The zero-order valence-electron chi connectivity index (χ0n) is 18.4.